The zero-order valence-corrected chi connectivity index (χ0v) is 15.8. The van der Waals surface area contributed by atoms with E-state index in [2.05, 4.69) is 5.32 Å². The second kappa shape index (κ2) is 8.02. The summed E-state index contributed by atoms with van der Waals surface area (Å²) < 4.78 is 25.1. The molecule has 0 unspecified atom stereocenters. The van der Waals surface area contributed by atoms with Gasteiger partial charge in [-0.15, -0.1) is 0 Å². The second-order valence-electron chi connectivity index (χ2n) is 6.33. The van der Waals surface area contributed by atoms with Crippen molar-refractivity contribution in [2.45, 2.75) is 33.7 Å². The van der Waals surface area contributed by atoms with Gasteiger partial charge in [-0.05, 0) is 30.0 Å². The maximum Gasteiger partial charge on any atom is 0.241 e. The van der Waals surface area contributed by atoms with Crippen LogP contribution in [0.2, 0.25) is 5.02 Å². The number of carbonyl (C=O) groups is 1. The number of rotatable bonds is 7. The topological polar surface area (TPSA) is 66.5 Å². The molecule has 1 aromatic rings. The number of amides is 1. The molecule has 0 saturated heterocycles. The molecule has 0 fully saturated rings. The number of hydrogen-bond donors (Lipinski definition) is 1. The molecule has 5 nitrogen and oxygen atoms in total. The Labute approximate surface area is 144 Å². The molecule has 0 aliphatic heterocycles. The summed E-state index contributed by atoms with van der Waals surface area (Å²) in [5, 5.41) is 3.34. The first kappa shape index (κ1) is 19.8. The lowest BCUT2D eigenvalue weighted by molar-refractivity contribution is -0.121. The van der Waals surface area contributed by atoms with Crippen LogP contribution in [0.1, 0.15) is 27.7 Å². The van der Waals surface area contributed by atoms with Crippen molar-refractivity contribution in [2.75, 3.05) is 17.1 Å². The van der Waals surface area contributed by atoms with Crippen LogP contribution in [0.3, 0.4) is 0 Å². The Bertz CT molecular complexity index is 636. The van der Waals surface area contributed by atoms with Crippen LogP contribution in [-0.4, -0.2) is 33.2 Å². The molecule has 130 valence electrons. The van der Waals surface area contributed by atoms with Gasteiger partial charge in [0.05, 0.1) is 11.9 Å². The molecule has 0 spiro atoms. The molecule has 1 aromatic carbocycles. The molecule has 0 bridgehead atoms. The van der Waals surface area contributed by atoms with Gasteiger partial charge < -0.3 is 5.32 Å². The highest BCUT2D eigenvalue weighted by Gasteiger charge is 2.24. The smallest absolute Gasteiger partial charge is 0.241 e. The van der Waals surface area contributed by atoms with Gasteiger partial charge in [0, 0.05) is 11.1 Å². The highest BCUT2D eigenvalue weighted by Crippen LogP contribution is 2.21. The summed E-state index contributed by atoms with van der Waals surface area (Å²) in [6, 6.07) is 6.43. The van der Waals surface area contributed by atoms with Crippen molar-refractivity contribution in [1.82, 2.24) is 5.32 Å². The standard InChI is InChI=1S/C16H25ClN2O3S/c1-11(2)16(12(3)4)18-15(20)10-19(23(5,21)22)14-8-6-7-13(17)9-14/h6-9,11-12,16H,10H2,1-5H3,(H,18,20). The Morgan fingerprint density at radius 2 is 1.78 bits per heavy atom. The van der Waals surface area contributed by atoms with Gasteiger partial charge in [0.15, 0.2) is 0 Å². The maximum absolute atomic E-state index is 12.3. The number of hydrogen-bond acceptors (Lipinski definition) is 3. The molecular formula is C16H25ClN2O3S. The third-order valence-corrected chi connectivity index (χ3v) is 4.92. The van der Waals surface area contributed by atoms with Crippen molar-refractivity contribution in [3.63, 3.8) is 0 Å². The predicted molar refractivity (Wildman–Crippen MR) is 95.2 cm³/mol. The van der Waals surface area contributed by atoms with Crippen molar-refractivity contribution in [2.24, 2.45) is 11.8 Å². The Kier molecular flexibility index (Phi) is 6.89. The fraction of sp³-hybridized carbons (Fsp3) is 0.562. The molecule has 0 atom stereocenters. The number of anilines is 1. The van der Waals surface area contributed by atoms with Crippen molar-refractivity contribution >= 4 is 33.2 Å². The third kappa shape index (κ3) is 6.03. The number of carbonyl (C=O) groups excluding carboxylic acids is 1. The quantitative estimate of drug-likeness (QED) is 0.813. The molecular weight excluding hydrogens is 336 g/mol. The first-order chi connectivity index (χ1) is 10.5. The van der Waals surface area contributed by atoms with Crippen LogP contribution in [0.5, 0.6) is 0 Å². The monoisotopic (exact) mass is 360 g/mol. The SMILES string of the molecule is CC(C)C(NC(=O)CN(c1cccc(Cl)c1)S(C)(=O)=O)C(C)C. The van der Waals surface area contributed by atoms with Gasteiger partial charge in [0.2, 0.25) is 15.9 Å². The number of sulfonamides is 1. The Morgan fingerprint density at radius 3 is 2.22 bits per heavy atom. The third-order valence-electron chi connectivity index (χ3n) is 3.55. The van der Waals surface area contributed by atoms with E-state index in [1.807, 2.05) is 27.7 Å². The van der Waals surface area contributed by atoms with Gasteiger partial charge in [-0.1, -0.05) is 45.4 Å². The van der Waals surface area contributed by atoms with Crippen LogP contribution >= 0.6 is 11.6 Å². The fourth-order valence-corrected chi connectivity index (χ4v) is 3.53. The molecule has 1 amide bonds. The molecule has 0 aromatic heterocycles. The van der Waals surface area contributed by atoms with E-state index >= 15 is 0 Å². The van der Waals surface area contributed by atoms with E-state index in [0.717, 1.165) is 10.6 Å². The lowest BCUT2D eigenvalue weighted by Gasteiger charge is -2.28. The highest BCUT2D eigenvalue weighted by molar-refractivity contribution is 7.92. The largest absolute Gasteiger partial charge is 0.351 e. The summed E-state index contributed by atoms with van der Waals surface area (Å²) in [6.45, 7) is 7.83. The van der Waals surface area contributed by atoms with E-state index in [1.165, 1.54) is 6.07 Å². The van der Waals surface area contributed by atoms with E-state index in [4.69, 9.17) is 11.6 Å². The van der Waals surface area contributed by atoms with Crippen LogP contribution in [0.15, 0.2) is 24.3 Å². The summed E-state index contributed by atoms with van der Waals surface area (Å²) in [7, 11) is -3.59. The van der Waals surface area contributed by atoms with Crippen LogP contribution in [0, 0.1) is 11.8 Å². The summed E-state index contributed by atoms with van der Waals surface area (Å²) in [5.74, 6) is 0.191. The van der Waals surface area contributed by atoms with E-state index in [0.29, 0.717) is 10.7 Å². The first-order valence-electron chi connectivity index (χ1n) is 7.55. The van der Waals surface area contributed by atoms with Crippen LogP contribution in [-0.2, 0) is 14.8 Å². The number of benzene rings is 1. The predicted octanol–water partition coefficient (Wildman–Crippen LogP) is 2.90. The van der Waals surface area contributed by atoms with Gasteiger partial charge in [-0.2, -0.15) is 0 Å². The number of halogens is 1. The zero-order valence-electron chi connectivity index (χ0n) is 14.2. The van der Waals surface area contributed by atoms with Crippen LogP contribution in [0.4, 0.5) is 5.69 Å². The summed E-state index contributed by atoms with van der Waals surface area (Å²) in [4.78, 5) is 12.3. The van der Waals surface area contributed by atoms with E-state index in [-0.39, 0.29) is 30.3 Å². The minimum atomic E-state index is -3.59. The Balaban J connectivity index is 2.97. The molecule has 0 heterocycles. The van der Waals surface area contributed by atoms with E-state index in [1.54, 1.807) is 18.2 Å². The summed E-state index contributed by atoms with van der Waals surface area (Å²) >= 11 is 5.92. The fourth-order valence-electron chi connectivity index (χ4n) is 2.50. The Morgan fingerprint density at radius 1 is 1.22 bits per heavy atom. The highest BCUT2D eigenvalue weighted by atomic mass is 35.5. The van der Waals surface area contributed by atoms with Crippen molar-refractivity contribution < 1.29 is 13.2 Å². The summed E-state index contributed by atoms with van der Waals surface area (Å²) in [5.41, 5.74) is 0.376. The van der Waals surface area contributed by atoms with E-state index < -0.39 is 10.0 Å². The van der Waals surface area contributed by atoms with Gasteiger partial charge in [0.25, 0.3) is 0 Å². The average Bonchev–Trinajstić information content (AvgIpc) is 2.40. The minimum absolute atomic E-state index is 0.0109. The minimum Gasteiger partial charge on any atom is -0.351 e. The molecule has 0 aliphatic rings. The lowest BCUT2D eigenvalue weighted by Crippen LogP contribution is -2.47. The molecule has 1 rings (SSSR count). The first-order valence-corrected chi connectivity index (χ1v) is 9.77. The second-order valence-corrected chi connectivity index (χ2v) is 8.67. The molecule has 0 radical (unpaired) electrons. The van der Waals surface area contributed by atoms with Crippen molar-refractivity contribution in [3.05, 3.63) is 29.3 Å². The maximum atomic E-state index is 12.3. The number of nitrogens with zero attached hydrogens (tertiary/aromatic N) is 1. The number of nitrogens with one attached hydrogen (secondary N) is 1. The average molecular weight is 361 g/mol. The molecule has 23 heavy (non-hydrogen) atoms. The van der Waals surface area contributed by atoms with Gasteiger partial charge >= 0.3 is 0 Å². The van der Waals surface area contributed by atoms with Crippen molar-refractivity contribution in [1.29, 1.82) is 0 Å². The van der Waals surface area contributed by atoms with Crippen molar-refractivity contribution in [3.8, 4) is 0 Å². The van der Waals surface area contributed by atoms with Crippen LogP contribution in [0.25, 0.3) is 0 Å². The molecule has 0 aliphatic carbocycles. The normalized spacial score (nSPS) is 12.0. The Hall–Kier alpha value is -1.27. The van der Waals surface area contributed by atoms with E-state index in [9.17, 15) is 13.2 Å². The van der Waals surface area contributed by atoms with Crippen LogP contribution < -0.4 is 9.62 Å². The molecule has 1 N–H and O–H groups in total. The lowest BCUT2D eigenvalue weighted by atomic mass is 9.93. The van der Waals surface area contributed by atoms with Gasteiger partial charge in [-0.3, -0.25) is 9.10 Å². The van der Waals surface area contributed by atoms with Gasteiger partial charge in [0.1, 0.15) is 6.54 Å². The molecule has 7 heteroatoms. The zero-order chi connectivity index (χ0) is 17.8. The summed E-state index contributed by atoms with van der Waals surface area (Å²) in [6.07, 6.45) is 1.07. The molecule has 0 saturated carbocycles. The van der Waals surface area contributed by atoms with Gasteiger partial charge in [-0.25, -0.2) is 8.42 Å².